The molecular formula is C26H31N5O5S. The third-order valence-electron chi connectivity index (χ3n) is 5.97. The maximum Gasteiger partial charge on any atom is 0.277 e. The van der Waals surface area contributed by atoms with E-state index in [1.165, 1.54) is 24.3 Å². The molecule has 37 heavy (non-hydrogen) atoms. The molecule has 2 aromatic carbocycles. The summed E-state index contributed by atoms with van der Waals surface area (Å²) >= 11 is 0. The van der Waals surface area contributed by atoms with Gasteiger partial charge in [-0.1, -0.05) is 31.9 Å². The standard InChI is InChI=1S/C26H31N5O5S/c1-4-6-7-8-23-28-17(3)24-26(33)29-25(30-31(23)24)21-15-20(13-14-22(21)36-5-2)37(34,35)27-16-18-9-11-19(32)12-10-18/h9-15,27,32H,4-8,16H2,1-3H3,(H,29,30,33). The van der Waals surface area contributed by atoms with E-state index in [4.69, 9.17) is 4.74 Å². The number of ether oxygens (including phenoxy) is 1. The monoisotopic (exact) mass is 525 g/mol. The van der Waals surface area contributed by atoms with Crippen molar-refractivity contribution < 1.29 is 18.3 Å². The molecule has 0 saturated heterocycles. The van der Waals surface area contributed by atoms with E-state index < -0.39 is 10.0 Å². The number of hydrogen-bond donors (Lipinski definition) is 3. The van der Waals surface area contributed by atoms with E-state index in [0.29, 0.717) is 46.9 Å². The normalized spacial score (nSPS) is 11.8. The molecule has 196 valence electrons. The summed E-state index contributed by atoms with van der Waals surface area (Å²) in [5, 5.41) is 14.1. The van der Waals surface area contributed by atoms with Crippen molar-refractivity contribution in [2.75, 3.05) is 6.61 Å². The number of benzene rings is 2. The van der Waals surface area contributed by atoms with Crippen LogP contribution in [0.4, 0.5) is 0 Å². The smallest absolute Gasteiger partial charge is 0.277 e. The number of unbranched alkanes of at least 4 members (excludes halogenated alkanes) is 2. The third-order valence-corrected chi connectivity index (χ3v) is 7.36. The van der Waals surface area contributed by atoms with Crippen LogP contribution < -0.4 is 15.0 Å². The van der Waals surface area contributed by atoms with Crippen molar-refractivity contribution in [1.29, 1.82) is 0 Å². The third kappa shape index (κ3) is 5.83. The number of phenolic OH excluding ortho intramolecular Hbond substituents is 1. The van der Waals surface area contributed by atoms with E-state index in [0.717, 1.165) is 19.3 Å². The molecule has 10 nitrogen and oxygen atoms in total. The number of imidazole rings is 1. The van der Waals surface area contributed by atoms with Crippen LogP contribution in [-0.4, -0.2) is 39.7 Å². The molecule has 11 heteroatoms. The molecule has 4 aromatic rings. The molecule has 0 fully saturated rings. The van der Waals surface area contributed by atoms with Gasteiger partial charge in [0.25, 0.3) is 5.56 Å². The SMILES string of the molecule is CCCCCc1nc(C)c2c(=O)[nH]c(-c3cc(S(=O)(=O)NCc4ccc(O)cc4)ccc3OCC)nn12. The molecule has 0 atom stereocenters. The van der Waals surface area contributed by atoms with Gasteiger partial charge in [0.2, 0.25) is 10.0 Å². The van der Waals surface area contributed by atoms with Crippen molar-refractivity contribution in [3.63, 3.8) is 0 Å². The minimum absolute atomic E-state index is 0.00235. The van der Waals surface area contributed by atoms with Crippen molar-refractivity contribution in [3.05, 3.63) is 69.9 Å². The summed E-state index contributed by atoms with van der Waals surface area (Å²) in [6.07, 6.45) is 3.69. The van der Waals surface area contributed by atoms with Gasteiger partial charge in [-0.2, -0.15) is 0 Å². The first kappa shape index (κ1) is 26.4. The fourth-order valence-electron chi connectivity index (χ4n) is 4.07. The number of aromatic amines is 1. The van der Waals surface area contributed by atoms with Gasteiger partial charge in [-0.15, -0.1) is 5.10 Å². The molecule has 0 aliphatic rings. The molecule has 3 N–H and O–H groups in total. The topological polar surface area (TPSA) is 139 Å². The molecule has 4 rings (SSSR count). The second-order valence-electron chi connectivity index (χ2n) is 8.72. The highest BCUT2D eigenvalue weighted by Crippen LogP contribution is 2.30. The van der Waals surface area contributed by atoms with E-state index in [9.17, 15) is 18.3 Å². The van der Waals surface area contributed by atoms with Crippen molar-refractivity contribution in [1.82, 2.24) is 24.3 Å². The second kappa shape index (κ2) is 11.1. The number of nitrogens with zero attached hydrogens (tertiary/aromatic N) is 3. The number of rotatable bonds is 11. The van der Waals surface area contributed by atoms with Gasteiger partial charge in [0.05, 0.1) is 22.8 Å². The van der Waals surface area contributed by atoms with E-state index in [1.807, 2.05) is 6.92 Å². The number of fused-ring (bicyclic) bond motifs is 1. The van der Waals surface area contributed by atoms with Crippen molar-refractivity contribution in [2.45, 2.75) is 57.9 Å². The van der Waals surface area contributed by atoms with Crippen LogP contribution >= 0.6 is 0 Å². The van der Waals surface area contributed by atoms with Crippen molar-refractivity contribution >= 4 is 15.5 Å². The summed E-state index contributed by atoms with van der Waals surface area (Å²) in [5.74, 6) is 1.37. The van der Waals surface area contributed by atoms with Gasteiger partial charge in [0.15, 0.2) is 11.3 Å². The van der Waals surface area contributed by atoms with Gasteiger partial charge in [0, 0.05) is 13.0 Å². The summed E-state index contributed by atoms with van der Waals surface area (Å²) in [5.41, 5.74) is 1.63. The van der Waals surface area contributed by atoms with Crippen LogP contribution in [0.15, 0.2) is 52.2 Å². The number of hydrogen-bond acceptors (Lipinski definition) is 7. The number of nitrogens with one attached hydrogen (secondary N) is 2. The second-order valence-corrected chi connectivity index (χ2v) is 10.5. The van der Waals surface area contributed by atoms with Gasteiger partial charge < -0.3 is 14.8 Å². The Labute approximate surface area is 215 Å². The Balaban J connectivity index is 1.74. The minimum atomic E-state index is -3.91. The van der Waals surface area contributed by atoms with Crippen molar-refractivity contribution in [2.24, 2.45) is 0 Å². The van der Waals surface area contributed by atoms with Crippen LogP contribution in [-0.2, 0) is 23.0 Å². The predicted molar refractivity (Wildman–Crippen MR) is 140 cm³/mol. The summed E-state index contributed by atoms with van der Waals surface area (Å²) in [4.78, 5) is 20.4. The molecule has 0 amide bonds. The molecule has 0 spiro atoms. The quantitative estimate of drug-likeness (QED) is 0.254. The van der Waals surface area contributed by atoms with Gasteiger partial charge in [0.1, 0.15) is 17.3 Å². The molecule has 0 bridgehead atoms. The lowest BCUT2D eigenvalue weighted by Gasteiger charge is -2.13. The van der Waals surface area contributed by atoms with Crippen LogP contribution in [0.5, 0.6) is 11.5 Å². The number of sulfonamides is 1. The lowest BCUT2D eigenvalue weighted by atomic mass is 10.2. The van der Waals surface area contributed by atoms with E-state index in [2.05, 4.69) is 26.7 Å². The van der Waals surface area contributed by atoms with Crippen LogP contribution in [0.1, 0.15) is 50.2 Å². The molecule has 0 radical (unpaired) electrons. The van der Waals surface area contributed by atoms with Gasteiger partial charge in [-0.3, -0.25) is 4.79 Å². The van der Waals surface area contributed by atoms with Crippen LogP contribution in [0.2, 0.25) is 0 Å². The average molecular weight is 526 g/mol. The number of H-pyrrole nitrogens is 1. The highest BCUT2D eigenvalue weighted by atomic mass is 32.2. The molecule has 0 unspecified atom stereocenters. The maximum absolute atomic E-state index is 13.1. The Kier molecular flexibility index (Phi) is 7.94. The zero-order valence-electron chi connectivity index (χ0n) is 21.1. The molecule has 2 heterocycles. The molecule has 2 aromatic heterocycles. The van der Waals surface area contributed by atoms with Crippen LogP contribution in [0.3, 0.4) is 0 Å². The first-order valence-corrected chi connectivity index (χ1v) is 13.7. The van der Waals surface area contributed by atoms with Crippen molar-refractivity contribution in [3.8, 4) is 22.9 Å². The Morgan fingerprint density at radius 2 is 1.86 bits per heavy atom. The molecule has 0 aliphatic carbocycles. The lowest BCUT2D eigenvalue weighted by Crippen LogP contribution is -2.23. The minimum Gasteiger partial charge on any atom is -0.508 e. The first-order chi connectivity index (χ1) is 17.7. The van der Waals surface area contributed by atoms with E-state index in [-0.39, 0.29) is 28.6 Å². The molecule has 0 aliphatic heterocycles. The summed E-state index contributed by atoms with van der Waals surface area (Å²) < 4.78 is 36.1. The summed E-state index contributed by atoms with van der Waals surface area (Å²) in [6.45, 7) is 6.09. The fourth-order valence-corrected chi connectivity index (χ4v) is 5.11. The first-order valence-electron chi connectivity index (χ1n) is 12.3. The Bertz CT molecular complexity index is 1560. The van der Waals surface area contributed by atoms with E-state index >= 15 is 0 Å². The highest BCUT2D eigenvalue weighted by molar-refractivity contribution is 7.89. The van der Waals surface area contributed by atoms with Gasteiger partial charge in [-0.05, 0) is 56.2 Å². The largest absolute Gasteiger partial charge is 0.508 e. The predicted octanol–water partition coefficient (Wildman–Crippen LogP) is 3.71. The van der Waals surface area contributed by atoms with Crippen LogP contribution in [0, 0.1) is 6.92 Å². The van der Waals surface area contributed by atoms with Gasteiger partial charge in [-0.25, -0.2) is 22.6 Å². The Morgan fingerprint density at radius 1 is 1.11 bits per heavy atom. The molecular weight excluding hydrogens is 494 g/mol. The number of aromatic nitrogens is 4. The lowest BCUT2D eigenvalue weighted by molar-refractivity contribution is 0.341. The average Bonchev–Trinajstić information content (AvgIpc) is 3.20. The molecule has 0 saturated carbocycles. The number of aryl methyl sites for hydroxylation is 2. The highest BCUT2D eigenvalue weighted by Gasteiger charge is 2.21. The Hall–Kier alpha value is -3.70. The van der Waals surface area contributed by atoms with Gasteiger partial charge >= 0.3 is 0 Å². The summed E-state index contributed by atoms with van der Waals surface area (Å²) in [7, 11) is -3.91. The maximum atomic E-state index is 13.1. The Morgan fingerprint density at radius 3 is 2.57 bits per heavy atom. The zero-order chi connectivity index (χ0) is 26.6. The van der Waals surface area contributed by atoms with Crippen LogP contribution in [0.25, 0.3) is 16.9 Å². The zero-order valence-corrected chi connectivity index (χ0v) is 21.9. The van der Waals surface area contributed by atoms with E-state index in [1.54, 1.807) is 29.6 Å². The number of phenols is 1. The summed E-state index contributed by atoms with van der Waals surface area (Å²) in [6, 6.07) is 10.7. The number of aromatic hydroxyl groups is 1. The fraction of sp³-hybridized carbons (Fsp3) is 0.346.